The number of benzene rings is 1. The van der Waals surface area contributed by atoms with Crippen LogP contribution in [0, 0.1) is 17.2 Å². The van der Waals surface area contributed by atoms with E-state index in [0.717, 1.165) is 28.2 Å². The number of hydrogen-bond donors (Lipinski definition) is 2. The highest BCUT2D eigenvalue weighted by atomic mass is 32.1. The van der Waals surface area contributed by atoms with Crippen LogP contribution in [-0.2, 0) is 22.6 Å². The Balaban J connectivity index is 1.48. The van der Waals surface area contributed by atoms with Crippen molar-refractivity contribution in [1.82, 2.24) is 4.90 Å². The van der Waals surface area contributed by atoms with Crippen LogP contribution in [0.2, 0.25) is 0 Å². The number of carbonyl (C=O) groups is 2. The van der Waals surface area contributed by atoms with Crippen molar-refractivity contribution >= 4 is 28.2 Å². The van der Waals surface area contributed by atoms with Crippen LogP contribution in [0.4, 0.5) is 5.00 Å². The molecule has 30 heavy (non-hydrogen) atoms. The quantitative estimate of drug-likeness (QED) is 0.741. The minimum atomic E-state index is -0.174. The summed E-state index contributed by atoms with van der Waals surface area (Å²) in [5.74, 6) is 0.574. The van der Waals surface area contributed by atoms with Crippen LogP contribution in [-0.4, -0.2) is 42.1 Å². The molecule has 1 saturated carbocycles. The van der Waals surface area contributed by atoms with Gasteiger partial charge in [-0.25, -0.2) is 0 Å². The van der Waals surface area contributed by atoms with E-state index in [1.54, 1.807) is 12.0 Å². The summed E-state index contributed by atoms with van der Waals surface area (Å²) in [4.78, 5) is 27.6. The fraction of sp³-hybridized carbons (Fsp3) is 0.409. The number of carbonyl (C=O) groups excluding carboxylic acids is 2. The average molecular weight is 426 g/mol. The summed E-state index contributed by atoms with van der Waals surface area (Å²) in [7, 11) is 1.63. The third-order valence-electron chi connectivity index (χ3n) is 5.75. The van der Waals surface area contributed by atoms with E-state index >= 15 is 0 Å². The van der Waals surface area contributed by atoms with E-state index in [2.05, 4.69) is 11.4 Å². The molecule has 1 fully saturated rings. The molecular formula is C22H23N3O4S. The molecule has 8 heteroatoms. The zero-order valence-electron chi connectivity index (χ0n) is 16.7. The van der Waals surface area contributed by atoms with E-state index in [1.165, 1.54) is 11.3 Å². The van der Waals surface area contributed by atoms with Crippen LogP contribution in [0.5, 0.6) is 5.75 Å². The maximum Gasteiger partial charge on any atom is 0.228 e. The SMILES string of the molecule is COc1ccccc1C1CC1C(=O)Nc1sc2c(c1C#N)CCN(C(=O)CCO)C2. The first-order valence-electron chi connectivity index (χ1n) is 9.94. The average Bonchev–Trinajstić information content (AvgIpc) is 3.49. The number of anilines is 1. The Labute approximate surface area is 178 Å². The molecule has 4 rings (SSSR count). The monoisotopic (exact) mass is 425 g/mol. The lowest BCUT2D eigenvalue weighted by Gasteiger charge is -2.26. The Morgan fingerprint density at radius 1 is 1.40 bits per heavy atom. The number of nitrogens with zero attached hydrogens (tertiary/aromatic N) is 2. The third kappa shape index (κ3) is 3.78. The lowest BCUT2D eigenvalue weighted by Crippen LogP contribution is -2.35. The van der Waals surface area contributed by atoms with E-state index < -0.39 is 0 Å². The van der Waals surface area contributed by atoms with Gasteiger partial charge in [-0.1, -0.05) is 18.2 Å². The molecule has 2 aliphatic rings. The first-order valence-corrected chi connectivity index (χ1v) is 10.8. The van der Waals surface area contributed by atoms with Gasteiger partial charge in [-0.3, -0.25) is 9.59 Å². The number of fused-ring (bicyclic) bond motifs is 1. The van der Waals surface area contributed by atoms with E-state index in [9.17, 15) is 14.9 Å². The Kier molecular flexibility index (Phi) is 5.75. The molecule has 0 radical (unpaired) electrons. The van der Waals surface area contributed by atoms with Crippen molar-refractivity contribution < 1.29 is 19.4 Å². The summed E-state index contributed by atoms with van der Waals surface area (Å²) in [5, 5.41) is 22.2. The second-order valence-corrected chi connectivity index (χ2v) is 8.64. The first kappa shape index (κ1) is 20.4. The predicted octanol–water partition coefficient (Wildman–Crippen LogP) is 2.64. The lowest BCUT2D eigenvalue weighted by molar-refractivity contribution is -0.132. The van der Waals surface area contributed by atoms with E-state index in [4.69, 9.17) is 9.84 Å². The van der Waals surface area contributed by atoms with Gasteiger partial charge in [-0.2, -0.15) is 5.26 Å². The van der Waals surface area contributed by atoms with Crippen LogP contribution in [0.3, 0.4) is 0 Å². The standard InChI is InChI=1S/C22H23N3O4S/c1-29-18-5-3-2-4-13(18)15-10-16(15)21(28)24-22-17(11-23)14-6-8-25(12-19(14)30-22)20(27)7-9-26/h2-5,15-16,26H,6-10,12H2,1H3,(H,24,28). The lowest BCUT2D eigenvalue weighted by atomic mass is 10.0. The highest BCUT2D eigenvalue weighted by Crippen LogP contribution is 2.51. The van der Waals surface area contributed by atoms with Crippen molar-refractivity contribution in [3.63, 3.8) is 0 Å². The van der Waals surface area contributed by atoms with Crippen molar-refractivity contribution in [2.75, 3.05) is 25.6 Å². The Morgan fingerprint density at radius 3 is 2.93 bits per heavy atom. The molecule has 1 aromatic carbocycles. The normalized spacial score (nSPS) is 19.6. The molecule has 2 aromatic rings. The summed E-state index contributed by atoms with van der Waals surface area (Å²) in [6.07, 6.45) is 1.43. The van der Waals surface area contributed by atoms with Crippen molar-refractivity contribution in [2.45, 2.75) is 31.7 Å². The third-order valence-corrected chi connectivity index (χ3v) is 6.88. The Morgan fingerprint density at radius 2 is 2.20 bits per heavy atom. The molecule has 2 heterocycles. The van der Waals surface area contributed by atoms with E-state index in [-0.39, 0.29) is 36.7 Å². The number of aliphatic hydroxyl groups is 1. The molecule has 0 spiro atoms. The number of thiophene rings is 1. The number of amides is 2. The summed E-state index contributed by atoms with van der Waals surface area (Å²) in [5.41, 5.74) is 2.46. The van der Waals surface area contributed by atoms with Crippen molar-refractivity contribution in [2.24, 2.45) is 5.92 Å². The first-order chi connectivity index (χ1) is 14.6. The molecule has 2 amide bonds. The maximum absolute atomic E-state index is 12.8. The number of para-hydroxylation sites is 1. The van der Waals surface area contributed by atoms with E-state index in [0.29, 0.717) is 30.1 Å². The van der Waals surface area contributed by atoms with Gasteiger partial charge in [-0.05, 0) is 36.0 Å². The van der Waals surface area contributed by atoms with Gasteiger partial charge in [0.25, 0.3) is 0 Å². The predicted molar refractivity (Wildman–Crippen MR) is 112 cm³/mol. The van der Waals surface area contributed by atoms with Gasteiger partial charge in [-0.15, -0.1) is 11.3 Å². The fourth-order valence-corrected chi connectivity index (χ4v) is 5.30. The second kappa shape index (κ2) is 8.46. The Bertz CT molecular complexity index is 1030. The van der Waals surface area contributed by atoms with Crippen LogP contribution < -0.4 is 10.1 Å². The Hall–Kier alpha value is -2.89. The number of methoxy groups -OCH3 is 1. The smallest absolute Gasteiger partial charge is 0.228 e. The highest BCUT2D eigenvalue weighted by molar-refractivity contribution is 7.16. The largest absolute Gasteiger partial charge is 0.496 e. The molecule has 0 saturated heterocycles. The molecule has 2 unspecified atom stereocenters. The summed E-state index contributed by atoms with van der Waals surface area (Å²) >= 11 is 1.37. The maximum atomic E-state index is 12.8. The van der Waals surface area contributed by atoms with Gasteiger partial charge in [0.2, 0.25) is 11.8 Å². The molecule has 1 aliphatic carbocycles. The summed E-state index contributed by atoms with van der Waals surface area (Å²) in [6.45, 7) is 0.756. The van der Waals surface area contributed by atoms with Gasteiger partial charge in [0.1, 0.15) is 16.8 Å². The van der Waals surface area contributed by atoms with Gasteiger partial charge in [0.15, 0.2) is 0 Å². The zero-order valence-corrected chi connectivity index (χ0v) is 17.5. The van der Waals surface area contributed by atoms with E-state index in [1.807, 2.05) is 24.3 Å². The molecule has 7 nitrogen and oxygen atoms in total. The van der Waals surface area contributed by atoms with Crippen molar-refractivity contribution in [3.05, 3.63) is 45.8 Å². The minimum Gasteiger partial charge on any atom is -0.496 e. The van der Waals surface area contributed by atoms with Gasteiger partial charge in [0, 0.05) is 23.8 Å². The van der Waals surface area contributed by atoms with Crippen molar-refractivity contribution in [3.8, 4) is 11.8 Å². The van der Waals surface area contributed by atoms with Crippen LogP contribution in [0.1, 0.15) is 40.3 Å². The molecule has 1 aromatic heterocycles. The number of hydrogen-bond acceptors (Lipinski definition) is 6. The number of ether oxygens (including phenoxy) is 1. The fourth-order valence-electron chi connectivity index (χ4n) is 4.08. The van der Waals surface area contributed by atoms with Crippen molar-refractivity contribution in [1.29, 1.82) is 5.26 Å². The molecule has 0 bridgehead atoms. The number of nitriles is 1. The van der Waals surface area contributed by atoms with Gasteiger partial charge < -0.3 is 20.1 Å². The topological polar surface area (TPSA) is 103 Å². The van der Waals surface area contributed by atoms with Gasteiger partial charge in [0.05, 0.1) is 25.8 Å². The van der Waals surface area contributed by atoms with Crippen LogP contribution in [0.15, 0.2) is 24.3 Å². The molecule has 2 N–H and O–H groups in total. The minimum absolute atomic E-state index is 0.0887. The molecule has 2 atom stereocenters. The summed E-state index contributed by atoms with van der Waals surface area (Å²) < 4.78 is 5.41. The second-order valence-electron chi connectivity index (χ2n) is 7.54. The molecule has 1 aliphatic heterocycles. The van der Waals surface area contributed by atoms with Gasteiger partial charge >= 0.3 is 0 Å². The zero-order chi connectivity index (χ0) is 21.3. The highest BCUT2D eigenvalue weighted by Gasteiger charge is 2.45. The summed E-state index contributed by atoms with van der Waals surface area (Å²) in [6, 6.07) is 9.96. The molecule has 156 valence electrons. The molecular weight excluding hydrogens is 402 g/mol. The van der Waals surface area contributed by atoms with Crippen LogP contribution >= 0.6 is 11.3 Å². The number of aliphatic hydroxyl groups excluding tert-OH is 1. The van der Waals surface area contributed by atoms with Crippen LogP contribution in [0.25, 0.3) is 0 Å². The number of nitrogens with one attached hydrogen (secondary N) is 1. The number of rotatable bonds is 6.